The summed E-state index contributed by atoms with van der Waals surface area (Å²) in [5.41, 5.74) is 8.28. The molecule has 0 aliphatic heterocycles. The van der Waals surface area contributed by atoms with Crippen LogP contribution in [-0.4, -0.2) is 15.9 Å². The molecule has 0 radical (unpaired) electrons. The highest BCUT2D eigenvalue weighted by Gasteiger charge is 2.17. The highest BCUT2D eigenvalue weighted by Crippen LogP contribution is 2.19. The van der Waals surface area contributed by atoms with Gasteiger partial charge < -0.3 is 5.73 Å². The SMILES string of the molecule is Cc1ncc(C(C)C(=O)NN)c(N)n1. The maximum Gasteiger partial charge on any atom is 0.241 e. The van der Waals surface area contributed by atoms with Crippen LogP contribution in [0.4, 0.5) is 5.82 Å². The molecule has 76 valence electrons. The first-order valence-corrected chi connectivity index (χ1v) is 4.15. The van der Waals surface area contributed by atoms with E-state index in [9.17, 15) is 4.79 Å². The van der Waals surface area contributed by atoms with Gasteiger partial charge in [0, 0.05) is 11.8 Å². The number of hydrogen-bond donors (Lipinski definition) is 3. The summed E-state index contributed by atoms with van der Waals surface area (Å²) in [6.07, 6.45) is 1.54. The monoisotopic (exact) mass is 195 g/mol. The Balaban J connectivity index is 3.01. The lowest BCUT2D eigenvalue weighted by atomic mass is 10.0. The van der Waals surface area contributed by atoms with Crippen LogP contribution >= 0.6 is 0 Å². The van der Waals surface area contributed by atoms with Crippen molar-refractivity contribution < 1.29 is 4.79 Å². The van der Waals surface area contributed by atoms with Gasteiger partial charge in [-0.25, -0.2) is 15.8 Å². The van der Waals surface area contributed by atoms with Crippen LogP contribution in [0, 0.1) is 6.92 Å². The molecule has 1 aromatic rings. The molecule has 0 aliphatic rings. The molecule has 1 aromatic heterocycles. The van der Waals surface area contributed by atoms with Crippen LogP contribution in [0.5, 0.6) is 0 Å². The van der Waals surface area contributed by atoms with Crippen molar-refractivity contribution in [1.29, 1.82) is 0 Å². The topological polar surface area (TPSA) is 107 Å². The van der Waals surface area contributed by atoms with Gasteiger partial charge in [-0.05, 0) is 13.8 Å². The van der Waals surface area contributed by atoms with Gasteiger partial charge in [0.1, 0.15) is 11.6 Å². The number of carbonyl (C=O) groups is 1. The minimum atomic E-state index is -0.444. The normalized spacial score (nSPS) is 12.2. The molecular weight excluding hydrogens is 182 g/mol. The molecule has 1 unspecified atom stereocenters. The standard InChI is InChI=1S/C8H13N5O/c1-4(8(14)13-10)6-3-11-5(2)12-7(6)9/h3-4H,10H2,1-2H3,(H,13,14)(H2,9,11,12). The number of rotatable bonds is 2. The van der Waals surface area contributed by atoms with Crippen molar-refractivity contribution in [3.63, 3.8) is 0 Å². The van der Waals surface area contributed by atoms with Gasteiger partial charge in [0.05, 0.1) is 5.92 Å². The molecule has 0 fully saturated rings. The fourth-order valence-electron chi connectivity index (χ4n) is 1.10. The molecular formula is C8H13N5O. The van der Waals surface area contributed by atoms with Crippen molar-refractivity contribution in [2.75, 3.05) is 5.73 Å². The van der Waals surface area contributed by atoms with Crippen LogP contribution in [-0.2, 0) is 4.79 Å². The van der Waals surface area contributed by atoms with E-state index in [1.165, 1.54) is 6.20 Å². The lowest BCUT2D eigenvalue weighted by Crippen LogP contribution is -2.34. The zero-order valence-electron chi connectivity index (χ0n) is 8.11. The third-order valence-corrected chi connectivity index (χ3v) is 1.97. The van der Waals surface area contributed by atoms with Crippen LogP contribution in [0.15, 0.2) is 6.20 Å². The number of nitrogen functional groups attached to an aromatic ring is 1. The van der Waals surface area contributed by atoms with E-state index in [-0.39, 0.29) is 5.91 Å². The molecule has 6 heteroatoms. The number of aromatic nitrogens is 2. The van der Waals surface area contributed by atoms with E-state index < -0.39 is 5.92 Å². The summed E-state index contributed by atoms with van der Waals surface area (Å²) in [7, 11) is 0. The van der Waals surface area contributed by atoms with E-state index in [0.29, 0.717) is 17.2 Å². The van der Waals surface area contributed by atoms with Crippen molar-refractivity contribution in [3.05, 3.63) is 17.6 Å². The van der Waals surface area contributed by atoms with Crippen molar-refractivity contribution in [3.8, 4) is 0 Å². The average Bonchev–Trinajstić information content (AvgIpc) is 2.15. The van der Waals surface area contributed by atoms with Gasteiger partial charge in [0.2, 0.25) is 5.91 Å². The van der Waals surface area contributed by atoms with E-state index >= 15 is 0 Å². The summed E-state index contributed by atoms with van der Waals surface area (Å²) in [4.78, 5) is 19.1. The Kier molecular flexibility index (Phi) is 2.98. The van der Waals surface area contributed by atoms with Crippen molar-refractivity contribution in [2.24, 2.45) is 5.84 Å². The highest BCUT2D eigenvalue weighted by atomic mass is 16.2. The fourth-order valence-corrected chi connectivity index (χ4v) is 1.10. The maximum atomic E-state index is 11.2. The zero-order valence-corrected chi connectivity index (χ0v) is 8.11. The Bertz CT molecular complexity index is 352. The Morgan fingerprint density at radius 2 is 2.29 bits per heavy atom. The molecule has 0 aromatic carbocycles. The number of hydrazine groups is 1. The molecule has 0 saturated heterocycles. The van der Waals surface area contributed by atoms with E-state index in [2.05, 4.69) is 15.4 Å². The van der Waals surface area contributed by atoms with Crippen LogP contribution in [0.25, 0.3) is 0 Å². The molecule has 1 rings (SSSR count). The molecule has 1 amide bonds. The average molecular weight is 195 g/mol. The highest BCUT2D eigenvalue weighted by molar-refractivity contribution is 5.83. The van der Waals surface area contributed by atoms with Gasteiger partial charge >= 0.3 is 0 Å². The largest absolute Gasteiger partial charge is 0.383 e. The summed E-state index contributed by atoms with van der Waals surface area (Å²) in [6.45, 7) is 3.42. The predicted octanol–water partition coefficient (Wildman–Crippen LogP) is -0.539. The predicted molar refractivity (Wildman–Crippen MR) is 51.9 cm³/mol. The number of hydrogen-bond acceptors (Lipinski definition) is 5. The minimum absolute atomic E-state index is 0.314. The Morgan fingerprint density at radius 3 is 2.79 bits per heavy atom. The van der Waals surface area contributed by atoms with Crippen LogP contribution < -0.4 is 17.0 Å². The number of aryl methyl sites for hydroxylation is 1. The lowest BCUT2D eigenvalue weighted by Gasteiger charge is -2.11. The third kappa shape index (κ3) is 1.97. The molecule has 14 heavy (non-hydrogen) atoms. The molecule has 1 heterocycles. The number of amides is 1. The Morgan fingerprint density at radius 1 is 1.64 bits per heavy atom. The fraction of sp³-hybridized carbons (Fsp3) is 0.375. The van der Waals surface area contributed by atoms with Gasteiger partial charge in [-0.1, -0.05) is 0 Å². The summed E-state index contributed by atoms with van der Waals surface area (Å²) in [6, 6.07) is 0. The van der Waals surface area contributed by atoms with Crippen LogP contribution in [0.1, 0.15) is 24.2 Å². The van der Waals surface area contributed by atoms with E-state index in [1.807, 2.05) is 0 Å². The van der Waals surface area contributed by atoms with E-state index in [0.717, 1.165) is 0 Å². The second-order valence-electron chi connectivity index (χ2n) is 2.99. The summed E-state index contributed by atoms with van der Waals surface area (Å²) in [5, 5.41) is 0. The van der Waals surface area contributed by atoms with Crippen molar-refractivity contribution in [2.45, 2.75) is 19.8 Å². The van der Waals surface area contributed by atoms with Gasteiger partial charge in [-0.2, -0.15) is 0 Å². The minimum Gasteiger partial charge on any atom is -0.383 e. The number of anilines is 1. The molecule has 5 N–H and O–H groups in total. The maximum absolute atomic E-state index is 11.2. The lowest BCUT2D eigenvalue weighted by molar-refractivity contribution is -0.122. The molecule has 0 aliphatic carbocycles. The van der Waals surface area contributed by atoms with Gasteiger partial charge in [-0.3, -0.25) is 10.2 Å². The van der Waals surface area contributed by atoms with Crippen LogP contribution in [0.3, 0.4) is 0 Å². The third-order valence-electron chi connectivity index (χ3n) is 1.97. The Labute approximate surface area is 81.7 Å². The number of nitrogens with two attached hydrogens (primary N) is 2. The first-order valence-electron chi connectivity index (χ1n) is 4.15. The smallest absolute Gasteiger partial charge is 0.241 e. The van der Waals surface area contributed by atoms with Gasteiger partial charge in [0.15, 0.2) is 0 Å². The van der Waals surface area contributed by atoms with Crippen molar-refractivity contribution >= 4 is 11.7 Å². The molecule has 0 spiro atoms. The van der Waals surface area contributed by atoms with Gasteiger partial charge in [-0.15, -0.1) is 0 Å². The first kappa shape index (κ1) is 10.4. The molecule has 6 nitrogen and oxygen atoms in total. The van der Waals surface area contributed by atoms with E-state index in [4.69, 9.17) is 11.6 Å². The van der Waals surface area contributed by atoms with E-state index in [1.54, 1.807) is 13.8 Å². The summed E-state index contributed by atoms with van der Waals surface area (Å²) in [5.74, 6) is 5.14. The van der Waals surface area contributed by atoms with Gasteiger partial charge in [0.25, 0.3) is 0 Å². The number of nitrogens with zero attached hydrogens (tertiary/aromatic N) is 2. The summed E-state index contributed by atoms with van der Waals surface area (Å²) >= 11 is 0. The zero-order chi connectivity index (χ0) is 10.7. The molecule has 0 bridgehead atoms. The first-order chi connectivity index (χ1) is 6.56. The summed E-state index contributed by atoms with van der Waals surface area (Å²) < 4.78 is 0. The Hall–Kier alpha value is -1.69. The molecule has 1 atom stereocenters. The van der Waals surface area contributed by atoms with Crippen molar-refractivity contribution in [1.82, 2.24) is 15.4 Å². The second kappa shape index (κ2) is 4.01. The van der Waals surface area contributed by atoms with Crippen LogP contribution in [0.2, 0.25) is 0 Å². The number of nitrogens with one attached hydrogen (secondary N) is 1. The molecule has 0 saturated carbocycles. The number of carbonyl (C=O) groups excluding carboxylic acids is 1. The quantitative estimate of drug-likeness (QED) is 0.334. The second-order valence-corrected chi connectivity index (χ2v) is 2.99.